The van der Waals surface area contributed by atoms with Gasteiger partial charge < -0.3 is 20.4 Å². The fourth-order valence-corrected chi connectivity index (χ4v) is 3.98. The summed E-state index contributed by atoms with van der Waals surface area (Å²) in [5, 5.41) is 7.61. The second-order valence-corrected chi connectivity index (χ2v) is 8.17. The van der Waals surface area contributed by atoms with Gasteiger partial charge in [-0.2, -0.15) is 0 Å². The van der Waals surface area contributed by atoms with Crippen molar-refractivity contribution >= 4 is 53.0 Å². The molecule has 0 aliphatic carbocycles. The molecular weight excluding hydrogens is 513 g/mol. The molecule has 3 rings (SSSR count). The fraction of sp³-hybridized carbons (Fsp3) is 0.500. The van der Waals surface area contributed by atoms with E-state index in [0.717, 1.165) is 50.0 Å². The molecule has 2 aromatic heterocycles. The highest BCUT2D eigenvalue weighted by molar-refractivity contribution is 14.0. The van der Waals surface area contributed by atoms with Crippen LogP contribution in [0.2, 0.25) is 0 Å². The number of aromatic nitrogens is 2. The number of pyridine rings is 1. The van der Waals surface area contributed by atoms with Crippen LogP contribution >= 0.6 is 35.3 Å². The summed E-state index contributed by atoms with van der Waals surface area (Å²) in [6.07, 6.45) is 5.01. The second-order valence-electron chi connectivity index (χ2n) is 6.85. The van der Waals surface area contributed by atoms with Gasteiger partial charge in [-0.25, -0.2) is 9.97 Å². The van der Waals surface area contributed by atoms with Gasteiger partial charge in [0.05, 0.1) is 5.01 Å². The third kappa shape index (κ3) is 7.38. The number of nitrogens with zero attached hydrogens (tertiary/aromatic N) is 5. The average molecular weight is 543 g/mol. The van der Waals surface area contributed by atoms with Crippen molar-refractivity contribution in [3.63, 3.8) is 0 Å². The first-order chi connectivity index (χ1) is 14.2. The van der Waals surface area contributed by atoms with Crippen molar-refractivity contribution < 1.29 is 4.79 Å². The lowest BCUT2D eigenvalue weighted by Gasteiger charge is -2.35. The van der Waals surface area contributed by atoms with Crippen molar-refractivity contribution in [2.24, 2.45) is 4.99 Å². The van der Waals surface area contributed by atoms with Crippen molar-refractivity contribution in [3.05, 3.63) is 40.5 Å². The normalized spacial score (nSPS) is 14.3. The van der Waals surface area contributed by atoms with Gasteiger partial charge in [0.1, 0.15) is 5.82 Å². The number of carbonyl (C=O) groups excluding carboxylic acids is 1. The van der Waals surface area contributed by atoms with E-state index < -0.39 is 0 Å². The minimum Gasteiger partial charge on any atom is -0.356 e. The van der Waals surface area contributed by atoms with Crippen LogP contribution in [0.4, 0.5) is 5.82 Å². The lowest BCUT2D eigenvalue weighted by molar-refractivity contribution is -0.131. The molecule has 1 aliphatic rings. The molecule has 1 aliphatic heterocycles. The number of thiazole rings is 1. The zero-order chi connectivity index (χ0) is 20.5. The van der Waals surface area contributed by atoms with E-state index in [0.29, 0.717) is 18.9 Å². The summed E-state index contributed by atoms with van der Waals surface area (Å²) in [7, 11) is 1.74. The van der Waals surface area contributed by atoms with Gasteiger partial charge in [-0.1, -0.05) is 6.07 Å². The number of hydrogen-bond donors (Lipinski definition) is 2. The van der Waals surface area contributed by atoms with Gasteiger partial charge in [-0.15, -0.1) is 35.3 Å². The maximum absolute atomic E-state index is 12.5. The second kappa shape index (κ2) is 12.7. The maximum Gasteiger partial charge on any atom is 0.224 e. The Hall–Kier alpha value is -1.95. The van der Waals surface area contributed by atoms with Crippen molar-refractivity contribution in [2.45, 2.75) is 19.8 Å². The number of hydrogen-bond acceptors (Lipinski definition) is 6. The smallest absolute Gasteiger partial charge is 0.224 e. The van der Waals surface area contributed by atoms with Crippen LogP contribution in [-0.2, 0) is 11.2 Å². The molecule has 0 bridgehead atoms. The van der Waals surface area contributed by atoms with Crippen molar-refractivity contribution in [1.29, 1.82) is 0 Å². The van der Waals surface area contributed by atoms with E-state index in [2.05, 4.69) is 37.4 Å². The Kier molecular flexibility index (Phi) is 10.3. The summed E-state index contributed by atoms with van der Waals surface area (Å²) in [5.74, 6) is 1.86. The number of guanidine groups is 1. The predicted octanol–water partition coefficient (Wildman–Crippen LogP) is 1.91. The third-order valence-electron chi connectivity index (χ3n) is 4.76. The van der Waals surface area contributed by atoms with Crippen LogP contribution in [-0.4, -0.2) is 73.1 Å². The molecule has 8 nitrogen and oxygen atoms in total. The van der Waals surface area contributed by atoms with Gasteiger partial charge in [0.2, 0.25) is 5.91 Å². The molecule has 2 N–H and O–H groups in total. The number of rotatable bonds is 7. The summed E-state index contributed by atoms with van der Waals surface area (Å²) >= 11 is 1.71. The highest BCUT2D eigenvalue weighted by Crippen LogP contribution is 2.13. The van der Waals surface area contributed by atoms with E-state index in [1.165, 1.54) is 4.88 Å². The first-order valence-corrected chi connectivity index (χ1v) is 10.8. The number of amides is 1. The molecule has 10 heteroatoms. The van der Waals surface area contributed by atoms with E-state index in [1.807, 2.05) is 29.3 Å². The van der Waals surface area contributed by atoms with Crippen LogP contribution < -0.4 is 15.5 Å². The molecule has 0 unspecified atom stereocenters. The topological polar surface area (TPSA) is 85.8 Å². The van der Waals surface area contributed by atoms with Crippen LogP contribution in [0.5, 0.6) is 0 Å². The van der Waals surface area contributed by atoms with Crippen LogP contribution in [0.15, 0.2) is 35.6 Å². The average Bonchev–Trinajstić information content (AvgIpc) is 3.18. The van der Waals surface area contributed by atoms with Crippen LogP contribution in [0, 0.1) is 6.92 Å². The quantitative estimate of drug-likeness (QED) is 0.316. The lowest BCUT2D eigenvalue weighted by Crippen LogP contribution is -2.49. The first-order valence-electron chi connectivity index (χ1n) is 9.95. The number of aliphatic imine (C=N–C) groups is 1. The molecule has 3 heterocycles. The molecule has 0 saturated carbocycles. The maximum atomic E-state index is 12.5. The van der Waals surface area contributed by atoms with Crippen LogP contribution in [0.3, 0.4) is 0 Å². The summed E-state index contributed by atoms with van der Waals surface area (Å²) in [6.45, 7) is 6.48. The Labute approximate surface area is 199 Å². The minimum absolute atomic E-state index is 0. The third-order valence-corrected chi connectivity index (χ3v) is 5.73. The number of anilines is 1. The Morgan fingerprint density at radius 2 is 1.93 bits per heavy atom. The monoisotopic (exact) mass is 543 g/mol. The summed E-state index contributed by atoms with van der Waals surface area (Å²) < 4.78 is 0. The molecule has 164 valence electrons. The zero-order valence-electron chi connectivity index (χ0n) is 17.5. The number of halogens is 1. The van der Waals surface area contributed by atoms with E-state index >= 15 is 0 Å². The molecule has 1 fully saturated rings. The first kappa shape index (κ1) is 24.3. The number of nitrogens with one attached hydrogen (secondary N) is 2. The van der Waals surface area contributed by atoms with Gasteiger partial charge in [0.25, 0.3) is 0 Å². The molecule has 0 atom stereocenters. The largest absolute Gasteiger partial charge is 0.356 e. The van der Waals surface area contributed by atoms with Crippen molar-refractivity contribution in [1.82, 2.24) is 25.5 Å². The molecule has 1 amide bonds. The van der Waals surface area contributed by atoms with Gasteiger partial charge in [-0.05, 0) is 19.1 Å². The summed E-state index contributed by atoms with van der Waals surface area (Å²) in [4.78, 5) is 30.8. The minimum atomic E-state index is 0. The van der Waals surface area contributed by atoms with Crippen LogP contribution in [0.25, 0.3) is 0 Å². The fourth-order valence-electron chi connectivity index (χ4n) is 3.20. The van der Waals surface area contributed by atoms with E-state index in [9.17, 15) is 4.79 Å². The van der Waals surface area contributed by atoms with E-state index in [-0.39, 0.29) is 29.9 Å². The molecule has 2 aromatic rings. The molecule has 0 aromatic carbocycles. The molecule has 0 spiro atoms. The van der Waals surface area contributed by atoms with Crippen molar-refractivity contribution in [2.75, 3.05) is 51.2 Å². The highest BCUT2D eigenvalue weighted by atomic mass is 127. The highest BCUT2D eigenvalue weighted by Gasteiger charge is 2.21. The van der Waals surface area contributed by atoms with Gasteiger partial charge >= 0.3 is 0 Å². The lowest BCUT2D eigenvalue weighted by atomic mass is 10.2. The zero-order valence-corrected chi connectivity index (χ0v) is 20.7. The SMILES string of the molecule is CN=C(NCCC(=O)N1CCN(c2ccccn2)CC1)NCCc1ncc(C)s1.I. The summed E-state index contributed by atoms with van der Waals surface area (Å²) in [6, 6.07) is 5.92. The number of carbonyl (C=O) groups is 1. The molecular formula is C20H30IN7OS. The Balaban J connectivity index is 0.00000320. The standard InChI is InChI=1S/C20H29N7OS.HI/c1-16-15-25-18(29-16)6-9-23-20(21-2)24-10-7-19(28)27-13-11-26(12-14-27)17-5-3-4-8-22-17;/h3-5,8,15H,6-7,9-14H2,1-2H3,(H2,21,23,24);1H. The summed E-state index contributed by atoms with van der Waals surface area (Å²) in [5.41, 5.74) is 0. The predicted molar refractivity (Wildman–Crippen MR) is 133 cm³/mol. The van der Waals surface area contributed by atoms with Crippen LogP contribution in [0.1, 0.15) is 16.3 Å². The number of piperazine rings is 1. The van der Waals surface area contributed by atoms with Gasteiger partial charge in [0, 0.05) is 76.4 Å². The van der Waals surface area contributed by atoms with E-state index in [1.54, 1.807) is 24.6 Å². The van der Waals surface area contributed by atoms with E-state index in [4.69, 9.17) is 0 Å². The van der Waals surface area contributed by atoms with Gasteiger partial charge in [-0.3, -0.25) is 9.79 Å². The molecule has 1 saturated heterocycles. The Morgan fingerprint density at radius 1 is 1.17 bits per heavy atom. The number of aryl methyl sites for hydroxylation is 1. The Bertz CT molecular complexity index is 806. The molecule has 30 heavy (non-hydrogen) atoms. The molecule has 0 radical (unpaired) electrons. The van der Waals surface area contributed by atoms with Gasteiger partial charge in [0.15, 0.2) is 5.96 Å². The van der Waals surface area contributed by atoms with Crippen molar-refractivity contribution in [3.8, 4) is 0 Å². The Morgan fingerprint density at radius 3 is 2.57 bits per heavy atom.